The van der Waals surface area contributed by atoms with Crippen molar-refractivity contribution < 1.29 is 13.9 Å². The monoisotopic (exact) mass is 424 g/mol. The van der Waals surface area contributed by atoms with Gasteiger partial charge in [0, 0.05) is 38.5 Å². The van der Waals surface area contributed by atoms with E-state index in [4.69, 9.17) is 4.74 Å². The number of ether oxygens (including phenoxy) is 1. The number of benzene rings is 1. The van der Waals surface area contributed by atoms with E-state index in [0.717, 1.165) is 19.5 Å². The summed E-state index contributed by atoms with van der Waals surface area (Å²) in [6, 6.07) is 8.06. The fraction of sp³-hybridized carbons (Fsp3) is 0.364. The minimum atomic E-state index is -0.369. The van der Waals surface area contributed by atoms with Crippen molar-refractivity contribution in [1.29, 1.82) is 0 Å². The van der Waals surface area contributed by atoms with Crippen LogP contribution in [0.3, 0.4) is 0 Å². The molecule has 8 nitrogen and oxygen atoms in total. The molecule has 9 heteroatoms. The molecule has 0 saturated carbocycles. The van der Waals surface area contributed by atoms with Crippen LogP contribution in [0.2, 0.25) is 0 Å². The van der Waals surface area contributed by atoms with Crippen LogP contribution >= 0.6 is 0 Å². The average molecular weight is 424 g/mol. The van der Waals surface area contributed by atoms with Crippen molar-refractivity contribution in [3.05, 3.63) is 59.8 Å². The van der Waals surface area contributed by atoms with E-state index in [2.05, 4.69) is 27.0 Å². The largest absolute Gasteiger partial charge is 0.378 e. The molecule has 162 valence electrons. The summed E-state index contributed by atoms with van der Waals surface area (Å²) in [6.07, 6.45) is 4.00. The van der Waals surface area contributed by atoms with E-state index in [1.54, 1.807) is 37.6 Å². The standard InChI is InChI=1S/C22H25FN6O2/c1-27-10-5-11-28(13-12-27)21(30)17-14-25-29(20(17)15-31-2)22-24-9-8-19(26-22)16-6-3-4-7-18(16)23/h3-4,6-9,14H,5,10-13,15H2,1-2H3. The lowest BCUT2D eigenvalue weighted by Crippen LogP contribution is -2.35. The summed E-state index contributed by atoms with van der Waals surface area (Å²) >= 11 is 0. The minimum Gasteiger partial charge on any atom is -0.378 e. The van der Waals surface area contributed by atoms with Gasteiger partial charge in [-0.1, -0.05) is 12.1 Å². The Hall–Kier alpha value is -3.17. The second kappa shape index (κ2) is 9.32. The zero-order valence-corrected chi connectivity index (χ0v) is 17.7. The molecule has 1 fully saturated rings. The van der Waals surface area contributed by atoms with Crippen LogP contribution < -0.4 is 0 Å². The van der Waals surface area contributed by atoms with Gasteiger partial charge in [-0.15, -0.1) is 0 Å². The average Bonchev–Trinajstić information content (AvgIpc) is 3.07. The molecule has 0 unspecified atom stereocenters. The normalized spacial score (nSPS) is 15.1. The van der Waals surface area contributed by atoms with Crippen molar-refractivity contribution in [2.45, 2.75) is 13.0 Å². The van der Waals surface area contributed by atoms with Gasteiger partial charge in [0.25, 0.3) is 11.9 Å². The lowest BCUT2D eigenvalue weighted by atomic mass is 10.1. The maximum absolute atomic E-state index is 14.2. The van der Waals surface area contributed by atoms with Crippen molar-refractivity contribution in [3.63, 3.8) is 0 Å². The Bertz CT molecular complexity index is 1070. The maximum atomic E-state index is 14.2. The minimum absolute atomic E-state index is 0.0844. The first kappa shape index (κ1) is 21.1. The Balaban J connectivity index is 1.69. The molecule has 31 heavy (non-hydrogen) atoms. The molecule has 1 aromatic carbocycles. The van der Waals surface area contributed by atoms with Crippen LogP contribution in [0, 0.1) is 5.82 Å². The number of halogens is 1. The van der Waals surface area contributed by atoms with Gasteiger partial charge in [-0.05, 0) is 38.2 Å². The molecule has 3 aromatic rings. The molecular weight excluding hydrogens is 399 g/mol. The smallest absolute Gasteiger partial charge is 0.257 e. The van der Waals surface area contributed by atoms with Crippen molar-refractivity contribution >= 4 is 5.91 Å². The molecule has 1 amide bonds. The van der Waals surface area contributed by atoms with E-state index in [0.29, 0.717) is 35.6 Å². The predicted octanol–water partition coefficient (Wildman–Crippen LogP) is 2.39. The summed E-state index contributed by atoms with van der Waals surface area (Å²) in [5.74, 6) is -0.201. The topological polar surface area (TPSA) is 76.4 Å². The summed E-state index contributed by atoms with van der Waals surface area (Å²) < 4.78 is 21.1. The number of likely N-dealkylation sites (N-methyl/N-ethyl adjacent to an activating group) is 1. The summed E-state index contributed by atoms with van der Waals surface area (Å²) in [5, 5.41) is 4.38. The van der Waals surface area contributed by atoms with Gasteiger partial charge in [-0.25, -0.2) is 14.4 Å². The summed E-state index contributed by atoms with van der Waals surface area (Å²) in [7, 11) is 3.62. The number of methoxy groups -OCH3 is 1. The Morgan fingerprint density at radius 1 is 1.16 bits per heavy atom. The number of carbonyl (C=O) groups excluding carboxylic acids is 1. The van der Waals surface area contributed by atoms with Crippen LogP contribution in [-0.2, 0) is 11.3 Å². The van der Waals surface area contributed by atoms with E-state index in [1.165, 1.54) is 16.9 Å². The van der Waals surface area contributed by atoms with Gasteiger partial charge in [-0.3, -0.25) is 4.79 Å². The highest BCUT2D eigenvalue weighted by molar-refractivity contribution is 5.95. The van der Waals surface area contributed by atoms with E-state index in [1.807, 2.05) is 4.90 Å². The Morgan fingerprint density at radius 2 is 2.00 bits per heavy atom. The number of amides is 1. The molecule has 0 spiro atoms. The number of carbonyl (C=O) groups is 1. The maximum Gasteiger partial charge on any atom is 0.257 e. The number of hydrogen-bond acceptors (Lipinski definition) is 6. The molecule has 3 heterocycles. The first-order valence-corrected chi connectivity index (χ1v) is 10.2. The molecular formula is C22H25FN6O2. The molecule has 2 aromatic heterocycles. The fourth-order valence-electron chi connectivity index (χ4n) is 3.69. The van der Waals surface area contributed by atoms with Crippen molar-refractivity contribution in [2.24, 2.45) is 0 Å². The van der Waals surface area contributed by atoms with Crippen LogP contribution in [0.25, 0.3) is 17.2 Å². The van der Waals surface area contributed by atoms with Gasteiger partial charge >= 0.3 is 0 Å². The number of aromatic nitrogens is 4. The van der Waals surface area contributed by atoms with Gasteiger partial charge in [0.15, 0.2) is 0 Å². The van der Waals surface area contributed by atoms with Crippen LogP contribution in [0.1, 0.15) is 22.5 Å². The molecule has 0 atom stereocenters. The predicted molar refractivity (Wildman–Crippen MR) is 113 cm³/mol. The van der Waals surface area contributed by atoms with Gasteiger partial charge in [0.05, 0.1) is 29.8 Å². The zero-order chi connectivity index (χ0) is 21.8. The molecule has 1 saturated heterocycles. The highest BCUT2D eigenvalue weighted by atomic mass is 19.1. The number of nitrogens with zero attached hydrogens (tertiary/aromatic N) is 6. The van der Waals surface area contributed by atoms with E-state index in [-0.39, 0.29) is 24.3 Å². The first-order chi connectivity index (χ1) is 15.1. The van der Waals surface area contributed by atoms with E-state index >= 15 is 0 Å². The Kier molecular flexibility index (Phi) is 6.34. The van der Waals surface area contributed by atoms with E-state index in [9.17, 15) is 9.18 Å². The highest BCUT2D eigenvalue weighted by Gasteiger charge is 2.25. The third kappa shape index (κ3) is 4.47. The third-order valence-corrected chi connectivity index (χ3v) is 5.37. The number of rotatable bonds is 5. The quantitative estimate of drug-likeness (QED) is 0.626. The van der Waals surface area contributed by atoms with Crippen LogP contribution in [-0.4, -0.2) is 75.8 Å². The van der Waals surface area contributed by atoms with Crippen molar-refractivity contribution in [2.75, 3.05) is 40.3 Å². The lowest BCUT2D eigenvalue weighted by molar-refractivity contribution is 0.0757. The Labute approximate surface area is 180 Å². The van der Waals surface area contributed by atoms with Crippen LogP contribution in [0.5, 0.6) is 0 Å². The summed E-state index contributed by atoms with van der Waals surface area (Å²) in [5.41, 5.74) is 1.84. The third-order valence-electron chi connectivity index (χ3n) is 5.37. The second-order valence-electron chi connectivity index (χ2n) is 7.52. The van der Waals surface area contributed by atoms with Crippen molar-refractivity contribution in [3.8, 4) is 17.2 Å². The van der Waals surface area contributed by atoms with Gasteiger partial charge in [0.1, 0.15) is 5.82 Å². The molecule has 4 rings (SSSR count). The van der Waals surface area contributed by atoms with Gasteiger partial charge in [0.2, 0.25) is 0 Å². The molecule has 1 aliphatic heterocycles. The second-order valence-corrected chi connectivity index (χ2v) is 7.52. The SMILES string of the molecule is COCc1c(C(=O)N2CCCN(C)CC2)cnn1-c1nccc(-c2ccccc2F)n1. The molecule has 0 bridgehead atoms. The molecule has 0 radical (unpaired) electrons. The fourth-order valence-corrected chi connectivity index (χ4v) is 3.69. The highest BCUT2D eigenvalue weighted by Crippen LogP contribution is 2.22. The van der Waals surface area contributed by atoms with Crippen molar-refractivity contribution in [1.82, 2.24) is 29.5 Å². The van der Waals surface area contributed by atoms with E-state index < -0.39 is 0 Å². The van der Waals surface area contributed by atoms with Gasteiger partial charge in [-0.2, -0.15) is 9.78 Å². The van der Waals surface area contributed by atoms with Crippen LogP contribution in [0.15, 0.2) is 42.7 Å². The Morgan fingerprint density at radius 3 is 2.81 bits per heavy atom. The molecule has 0 aliphatic carbocycles. The lowest BCUT2D eigenvalue weighted by Gasteiger charge is -2.20. The molecule has 1 aliphatic rings. The zero-order valence-electron chi connectivity index (χ0n) is 17.7. The summed E-state index contributed by atoms with van der Waals surface area (Å²) in [4.78, 5) is 26.1. The first-order valence-electron chi connectivity index (χ1n) is 10.2. The number of hydrogen-bond donors (Lipinski definition) is 0. The van der Waals surface area contributed by atoms with Crippen LogP contribution in [0.4, 0.5) is 4.39 Å². The van der Waals surface area contributed by atoms with Gasteiger partial charge < -0.3 is 14.5 Å². The summed E-state index contributed by atoms with van der Waals surface area (Å²) in [6.45, 7) is 3.31. The molecule has 0 N–H and O–H groups in total.